The van der Waals surface area contributed by atoms with Crippen molar-refractivity contribution < 1.29 is 9.18 Å². The molecule has 0 aliphatic heterocycles. The van der Waals surface area contributed by atoms with Gasteiger partial charge in [0.1, 0.15) is 11.6 Å². The summed E-state index contributed by atoms with van der Waals surface area (Å²) in [7, 11) is 0. The maximum Gasteiger partial charge on any atom is 0.256 e. The van der Waals surface area contributed by atoms with Gasteiger partial charge < -0.3 is 9.88 Å². The molecule has 3 aromatic carbocycles. The lowest BCUT2D eigenvalue weighted by Gasteiger charge is -2.10. The number of para-hydroxylation sites is 2. The first-order chi connectivity index (χ1) is 16.9. The van der Waals surface area contributed by atoms with Crippen molar-refractivity contribution in [1.29, 1.82) is 0 Å². The molecule has 0 aliphatic carbocycles. The fourth-order valence-electron chi connectivity index (χ4n) is 4.29. The van der Waals surface area contributed by atoms with E-state index in [1.807, 2.05) is 86.0 Å². The minimum atomic E-state index is -0.290. The van der Waals surface area contributed by atoms with Crippen LogP contribution < -0.4 is 5.32 Å². The molecule has 0 bridgehead atoms. The monoisotopic (exact) mass is 464 g/mol. The summed E-state index contributed by atoms with van der Waals surface area (Å²) in [6, 6.07) is 27.6. The van der Waals surface area contributed by atoms with Crippen molar-refractivity contribution in [2.24, 2.45) is 0 Å². The van der Waals surface area contributed by atoms with E-state index in [4.69, 9.17) is 5.10 Å². The van der Waals surface area contributed by atoms with E-state index in [9.17, 15) is 9.18 Å². The van der Waals surface area contributed by atoms with E-state index in [1.54, 1.807) is 28.9 Å². The molecule has 6 heteroatoms. The smallest absolute Gasteiger partial charge is 0.256 e. The minimum absolute atomic E-state index is 0.217. The number of halogens is 1. The van der Waals surface area contributed by atoms with Crippen molar-refractivity contribution in [2.75, 3.05) is 5.32 Å². The summed E-state index contributed by atoms with van der Waals surface area (Å²) < 4.78 is 18.2. The van der Waals surface area contributed by atoms with Crippen LogP contribution in [0.1, 0.15) is 27.3 Å². The van der Waals surface area contributed by atoms with Crippen LogP contribution >= 0.6 is 0 Å². The second-order valence-electron chi connectivity index (χ2n) is 8.55. The molecule has 0 atom stereocenters. The van der Waals surface area contributed by atoms with Gasteiger partial charge in [0.2, 0.25) is 0 Å². The number of hydrogen-bond donors (Lipinski definition) is 1. The molecule has 0 spiro atoms. The highest BCUT2D eigenvalue weighted by molar-refractivity contribution is 6.04. The molecule has 174 valence electrons. The number of carbonyl (C=O) groups is 1. The zero-order valence-electron chi connectivity index (χ0n) is 19.8. The zero-order valence-corrected chi connectivity index (χ0v) is 19.8. The molecular weight excluding hydrogens is 439 g/mol. The summed E-state index contributed by atoms with van der Waals surface area (Å²) in [5.74, 6) is 0.0413. The summed E-state index contributed by atoms with van der Waals surface area (Å²) in [4.78, 5) is 13.0. The maximum absolute atomic E-state index is 14.6. The molecule has 5 aromatic rings. The molecule has 1 amide bonds. The molecule has 0 saturated carbocycles. The standard InChI is InChI=1S/C29H25FN4O/c1-19-13-15-22(16-14-19)29(35)31-28-18-26(32-34(28)23-9-5-4-6-10-23)24-17-20(2)33(21(24)3)27-12-8-7-11-25(27)30/h4-18H,1-3H3,(H,31,35). The number of amides is 1. The van der Waals surface area contributed by atoms with Crippen LogP contribution in [0.15, 0.2) is 91.0 Å². The van der Waals surface area contributed by atoms with Gasteiger partial charge in [-0.15, -0.1) is 0 Å². The van der Waals surface area contributed by atoms with Crippen LogP contribution in [0.3, 0.4) is 0 Å². The second-order valence-corrected chi connectivity index (χ2v) is 8.55. The lowest BCUT2D eigenvalue weighted by molar-refractivity contribution is 0.102. The van der Waals surface area contributed by atoms with Crippen LogP contribution in [0.25, 0.3) is 22.6 Å². The Morgan fingerprint density at radius 2 is 1.54 bits per heavy atom. The molecule has 0 fully saturated rings. The molecule has 2 aromatic heterocycles. The fourth-order valence-corrected chi connectivity index (χ4v) is 4.29. The van der Waals surface area contributed by atoms with E-state index in [0.717, 1.165) is 28.2 Å². The van der Waals surface area contributed by atoms with Crippen molar-refractivity contribution in [1.82, 2.24) is 14.3 Å². The van der Waals surface area contributed by atoms with Crippen molar-refractivity contribution in [2.45, 2.75) is 20.8 Å². The highest BCUT2D eigenvalue weighted by Crippen LogP contribution is 2.32. The highest BCUT2D eigenvalue weighted by atomic mass is 19.1. The third-order valence-corrected chi connectivity index (χ3v) is 6.07. The topological polar surface area (TPSA) is 51.9 Å². The van der Waals surface area contributed by atoms with Crippen LogP contribution in [0.5, 0.6) is 0 Å². The molecule has 0 radical (unpaired) electrons. The van der Waals surface area contributed by atoms with Gasteiger partial charge in [0.25, 0.3) is 5.91 Å². The number of aryl methyl sites for hydroxylation is 2. The van der Waals surface area contributed by atoms with E-state index in [2.05, 4.69) is 5.32 Å². The maximum atomic E-state index is 14.6. The second kappa shape index (κ2) is 9.06. The number of anilines is 1. The van der Waals surface area contributed by atoms with E-state index in [-0.39, 0.29) is 11.7 Å². The van der Waals surface area contributed by atoms with Gasteiger partial charge in [-0.25, -0.2) is 9.07 Å². The van der Waals surface area contributed by atoms with E-state index in [1.165, 1.54) is 6.07 Å². The number of nitrogens with zero attached hydrogens (tertiary/aromatic N) is 3. The average Bonchev–Trinajstić information content (AvgIpc) is 3.40. The number of hydrogen-bond acceptors (Lipinski definition) is 2. The molecule has 0 aliphatic rings. The molecule has 0 unspecified atom stereocenters. The first-order valence-electron chi connectivity index (χ1n) is 11.4. The van der Waals surface area contributed by atoms with E-state index in [0.29, 0.717) is 22.8 Å². The number of rotatable bonds is 5. The number of benzene rings is 3. The number of carbonyl (C=O) groups excluding carboxylic acids is 1. The van der Waals surface area contributed by atoms with Crippen LogP contribution in [0, 0.1) is 26.6 Å². The van der Waals surface area contributed by atoms with Crippen molar-refractivity contribution in [3.05, 3.63) is 119 Å². The first-order valence-corrected chi connectivity index (χ1v) is 11.4. The van der Waals surface area contributed by atoms with Crippen LogP contribution in [-0.4, -0.2) is 20.3 Å². The largest absolute Gasteiger partial charge is 0.315 e. The van der Waals surface area contributed by atoms with E-state index < -0.39 is 0 Å². The molecule has 5 rings (SSSR count). The van der Waals surface area contributed by atoms with Gasteiger partial charge in [0.15, 0.2) is 0 Å². The van der Waals surface area contributed by atoms with Crippen molar-refractivity contribution in [3.8, 4) is 22.6 Å². The Bertz CT molecular complexity index is 1510. The van der Waals surface area contributed by atoms with Gasteiger partial charge in [-0.3, -0.25) is 4.79 Å². The predicted molar refractivity (Wildman–Crippen MR) is 137 cm³/mol. The molecule has 1 N–H and O–H groups in total. The SMILES string of the molecule is Cc1ccc(C(=O)Nc2cc(-c3cc(C)n(-c4ccccc4F)c3C)nn2-c2ccccc2)cc1. The highest BCUT2D eigenvalue weighted by Gasteiger charge is 2.20. The lowest BCUT2D eigenvalue weighted by Crippen LogP contribution is -2.15. The summed E-state index contributed by atoms with van der Waals surface area (Å²) in [5.41, 5.74) is 6.27. The summed E-state index contributed by atoms with van der Waals surface area (Å²) >= 11 is 0. The summed E-state index contributed by atoms with van der Waals surface area (Å²) in [6.45, 7) is 5.87. The fraction of sp³-hybridized carbons (Fsp3) is 0.103. The minimum Gasteiger partial charge on any atom is -0.315 e. The van der Waals surface area contributed by atoms with Gasteiger partial charge in [-0.2, -0.15) is 5.10 Å². The predicted octanol–water partition coefficient (Wildman–Crippen LogP) is 6.65. The van der Waals surface area contributed by atoms with Gasteiger partial charge in [0.05, 0.1) is 17.1 Å². The summed E-state index contributed by atoms with van der Waals surface area (Å²) in [6.07, 6.45) is 0. The summed E-state index contributed by atoms with van der Waals surface area (Å²) in [5, 5.41) is 7.85. The average molecular weight is 465 g/mol. The Morgan fingerprint density at radius 3 is 2.26 bits per heavy atom. The molecule has 5 nitrogen and oxygen atoms in total. The Labute approximate surface area is 203 Å². The molecule has 2 heterocycles. The van der Waals surface area contributed by atoms with Gasteiger partial charge in [0, 0.05) is 28.6 Å². The number of nitrogens with one attached hydrogen (secondary N) is 1. The van der Waals surface area contributed by atoms with Crippen LogP contribution in [0.2, 0.25) is 0 Å². The Kier molecular flexibility index (Phi) is 5.79. The normalized spacial score (nSPS) is 11.0. The van der Waals surface area contributed by atoms with Crippen molar-refractivity contribution >= 4 is 11.7 Å². The van der Waals surface area contributed by atoms with E-state index >= 15 is 0 Å². The molecular formula is C29H25FN4O. The third-order valence-electron chi connectivity index (χ3n) is 6.07. The molecule has 0 saturated heterocycles. The zero-order chi connectivity index (χ0) is 24.5. The van der Waals surface area contributed by atoms with Gasteiger partial charge in [-0.1, -0.05) is 48.0 Å². The Hall–Kier alpha value is -4.45. The van der Waals surface area contributed by atoms with Gasteiger partial charge >= 0.3 is 0 Å². The third kappa shape index (κ3) is 4.26. The molecule has 35 heavy (non-hydrogen) atoms. The number of aromatic nitrogens is 3. The van der Waals surface area contributed by atoms with Crippen LogP contribution in [0.4, 0.5) is 10.2 Å². The Balaban J connectivity index is 1.59. The quantitative estimate of drug-likeness (QED) is 0.317. The van der Waals surface area contributed by atoms with Gasteiger partial charge in [-0.05, 0) is 63.2 Å². The lowest BCUT2D eigenvalue weighted by atomic mass is 10.1. The Morgan fingerprint density at radius 1 is 0.857 bits per heavy atom. The first kappa shape index (κ1) is 22.3. The van der Waals surface area contributed by atoms with Crippen LogP contribution in [-0.2, 0) is 0 Å². The van der Waals surface area contributed by atoms with Crippen molar-refractivity contribution in [3.63, 3.8) is 0 Å².